The van der Waals surface area contributed by atoms with Crippen molar-refractivity contribution in [3.05, 3.63) is 40.9 Å². The van der Waals surface area contributed by atoms with Crippen LogP contribution < -0.4 is 10.6 Å². The van der Waals surface area contributed by atoms with Gasteiger partial charge in [-0.2, -0.15) is 0 Å². The predicted octanol–water partition coefficient (Wildman–Crippen LogP) is 3.07. The second-order valence-electron chi connectivity index (χ2n) is 8.41. The summed E-state index contributed by atoms with van der Waals surface area (Å²) in [5.74, 6) is 0.219. The zero-order valence-electron chi connectivity index (χ0n) is 17.0. The highest BCUT2D eigenvalue weighted by Gasteiger charge is 2.33. The molecule has 1 aromatic rings. The maximum atomic E-state index is 12.5. The van der Waals surface area contributed by atoms with E-state index in [1.54, 1.807) is 18.2 Å². The number of anilines is 1. The van der Waals surface area contributed by atoms with Crippen molar-refractivity contribution in [3.63, 3.8) is 0 Å². The van der Waals surface area contributed by atoms with Gasteiger partial charge in [0.2, 0.25) is 5.91 Å². The molecule has 0 spiro atoms. The quantitative estimate of drug-likeness (QED) is 0.688. The van der Waals surface area contributed by atoms with Gasteiger partial charge in [0.25, 0.3) is 0 Å². The second kappa shape index (κ2) is 7.73. The number of ether oxygens (including phenoxy) is 1. The zero-order valence-corrected chi connectivity index (χ0v) is 17.0. The lowest BCUT2D eigenvalue weighted by atomic mass is 10.1. The zero-order chi connectivity index (χ0) is 20.5. The second-order valence-corrected chi connectivity index (χ2v) is 8.41. The van der Waals surface area contributed by atoms with Crippen LogP contribution in [-0.2, 0) is 9.53 Å². The van der Waals surface area contributed by atoms with Gasteiger partial charge < -0.3 is 25.4 Å². The van der Waals surface area contributed by atoms with Crippen molar-refractivity contribution in [3.8, 4) is 0 Å². The third-order valence-electron chi connectivity index (χ3n) is 4.84. The van der Waals surface area contributed by atoms with E-state index in [0.717, 1.165) is 37.2 Å². The highest BCUT2D eigenvalue weighted by atomic mass is 16.6. The average Bonchev–Trinajstić information content (AvgIpc) is 3.25. The molecule has 1 unspecified atom stereocenters. The van der Waals surface area contributed by atoms with Gasteiger partial charge in [0.05, 0.1) is 5.56 Å². The number of benzene rings is 1. The number of aryl methyl sites for hydroxylation is 1. The third kappa shape index (κ3) is 4.58. The number of rotatable bonds is 4. The van der Waals surface area contributed by atoms with Gasteiger partial charge in [-0.3, -0.25) is 4.79 Å². The van der Waals surface area contributed by atoms with E-state index < -0.39 is 11.6 Å². The Morgan fingerprint density at radius 3 is 2.54 bits per heavy atom. The molecule has 3 N–H and O–H groups in total. The molecule has 7 nitrogen and oxygen atoms in total. The normalized spacial score (nSPS) is 19.6. The molecule has 3 rings (SSSR count). The highest BCUT2D eigenvalue weighted by Crippen LogP contribution is 2.25. The Bertz CT molecular complexity index is 804. The van der Waals surface area contributed by atoms with Crippen LogP contribution in [0, 0.1) is 6.92 Å². The topological polar surface area (TPSA) is 90.9 Å². The SMILES string of the molecule is Cc1cc(C(=O)OC(C)(C)C)ccc1NC1=C(O)CC(C(=O)N2CCCC2)N1. The van der Waals surface area contributed by atoms with Gasteiger partial charge in [0.15, 0.2) is 0 Å². The molecular formula is C21H29N3O4. The average molecular weight is 387 g/mol. The predicted molar refractivity (Wildman–Crippen MR) is 107 cm³/mol. The molecule has 0 saturated carbocycles. The summed E-state index contributed by atoms with van der Waals surface area (Å²) in [6.07, 6.45) is 2.34. The van der Waals surface area contributed by atoms with E-state index in [1.807, 2.05) is 32.6 Å². The van der Waals surface area contributed by atoms with Crippen molar-refractivity contribution < 1.29 is 19.4 Å². The molecule has 1 aromatic carbocycles. The fourth-order valence-electron chi connectivity index (χ4n) is 3.42. The standard InChI is InChI=1S/C21H29N3O4/c1-13-11-14(20(27)28-21(2,3)4)7-8-15(13)22-18-17(25)12-16(23-18)19(26)24-9-5-6-10-24/h7-8,11,16,22-23,25H,5-6,9-10,12H2,1-4H3. The van der Waals surface area contributed by atoms with Gasteiger partial charge in [-0.1, -0.05) is 0 Å². The summed E-state index contributed by atoms with van der Waals surface area (Å²) in [6.45, 7) is 8.92. The number of aliphatic hydroxyl groups is 1. The fourth-order valence-corrected chi connectivity index (χ4v) is 3.42. The molecule has 2 aliphatic rings. The molecule has 1 saturated heterocycles. The van der Waals surface area contributed by atoms with Crippen LogP contribution in [0.1, 0.15) is 56.0 Å². The summed E-state index contributed by atoms with van der Waals surface area (Å²) in [5, 5.41) is 16.5. The van der Waals surface area contributed by atoms with Gasteiger partial charge in [-0.15, -0.1) is 0 Å². The number of likely N-dealkylation sites (tertiary alicyclic amines) is 1. The first-order valence-corrected chi connectivity index (χ1v) is 9.72. The first-order valence-electron chi connectivity index (χ1n) is 9.72. The fraction of sp³-hybridized carbons (Fsp3) is 0.524. The van der Waals surface area contributed by atoms with Gasteiger partial charge in [-0.05, 0) is 64.3 Å². The minimum Gasteiger partial charge on any atom is -0.508 e. The lowest BCUT2D eigenvalue weighted by Crippen LogP contribution is -2.43. The Balaban J connectivity index is 1.65. The largest absolute Gasteiger partial charge is 0.508 e. The van der Waals surface area contributed by atoms with E-state index >= 15 is 0 Å². The molecule has 1 fully saturated rings. The smallest absolute Gasteiger partial charge is 0.338 e. The molecule has 28 heavy (non-hydrogen) atoms. The Labute approximate surface area is 165 Å². The lowest BCUT2D eigenvalue weighted by molar-refractivity contribution is -0.132. The number of nitrogens with zero attached hydrogens (tertiary/aromatic N) is 1. The molecule has 1 amide bonds. The molecule has 7 heteroatoms. The number of hydrogen-bond donors (Lipinski definition) is 3. The van der Waals surface area contributed by atoms with Crippen LogP contribution in [0.25, 0.3) is 0 Å². The van der Waals surface area contributed by atoms with Crippen LogP contribution >= 0.6 is 0 Å². The lowest BCUT2D eigenvalue weighted by Gasteiger charge is -2.21. The molecule has 0 radical (unpaired) electrons. The highest BCUT2D eigenvalue weighted by molar-refractivity contribution is 5.90. The van der Waals surface area contributed by atoms with E-state index in [0.29, 0.717) is 11.4 Å². The summed E-state index contributed by atoms with van der Waals surface area (Å²) in [5.41, 5.74) is 1.50. The number of carbonyl (C=O) groups is 2. The van der Waals surface area contributed by atoms with Crippen molar-refractivity contribution in [1.29, 1.82) is 0 Å². The molecule has 0 aliphatic carbocycles. The van der Waals surface area contributed by atoms with Gasteiger partial charge in [-0.25, -0.2) is 4.79 Å². The molecular weight excluding hydrogens is 358 g/mol. The number of carbonyl (C=O) groups excluding carboxylic acids is 2. The van der Waals surface area contributed by atoms with E-state index in [-0.39, 0.29) is 24.1 Å². The van der Waals surface area contributed by atoms with E-state index in [9.17, 15) is 14.7 Å². The Morgan fingerprint density at radius 1 is 1.25 bits per heavy atom. The van der Waals surface area contributed by atoms with Crippen LogP contribution in [0.5, 0.6) is 0 Å². The first-order chi connectivity index (χ1) is 13.1. The number of hydrogen-bond acceptors (Lipinski definition) is 6. The van der Waals surface area contributed by atoms with E-state index in [4.69, 9.17) is 4.74 Å². The molecule has 0 bridgehead atoms. The monoisotopic (exact) mass is 387 g/mol. The van der Waals surface area contributed by atoms with E-state index in [1.165, 1.54) is 0 Å². The number of nitrogens with one attached hydrogen (secondary N) is 2. The van der Waals surface area contributed by atoms with Crippen molar-refractivity contribution in [1.82, 2.24) is 10.2 Å². The maximum Gasteiger partial charge on any atom is 0.338 e. The van der Waals surface area contributed by atoms with Gasteiger partial charge in [0.1, 0.15) is 23.2 Å². The van der Waals surface area contributed by atoms with Crippen molar-refractivity contribution in [2.24, 2.45) is 0 Å². The first kappa shape index (κ1) is 20.0. The minimum absolute atomic E-state index is 0.0258. The van der Waals surface area contributed by atoms with Crippen molar-refractivity contribution >= 4 is 17.6 Å². The summed E-state index contributed by atoms with van der Waals surface area (Å²) < 4.78 is 5.40. The summed E-state index contributed by atoms with van der Waals surface area (Å²) in [6, 6.07) is 4.76. The third-order valence-corrected chi connectivity index (χ3v) is 4.84. The molecule has 1 atom stereocenters. The number of esters is 1. The van der Waals surface area contributed by atoms with Crippen molar-refractivity contribution in [2.45, 2.75) is 58.6 Å². The number of amides is 1. The molecule has 152 valence electrons. The Morgan fingerprint density at radius 2 is 1.93 bits per heavy atom. The van der Waals surface area contributed by atoms with Crippen LogP contribution in [0.2, 0.25) is 0 Å². The summed E-state index contributed by atoms with van der Waals surface area (Å²) in [7, 11) is 0. The summed E-state index contributed by atoms with van der Waals surface area (Å²) in [4.78, 5) is 26.6. The Hall–Kier alpha value is -2.70. The Kier molecular flexibility index (Phi) is 5.54. The van der Waals surface area contributed by atoms with Gasteiger partial charge in [0, 0.05) is 25.2 Å². The van der Waals surface area contributed by atoms with Gasteiger partial charge >= 0.3 is 5.97 Å². The maximum absolute atomic E-state index is 12.5. The van der Waals surface area contributed by atoms with Crippen LogP contribution in [-0.4, -0.2) is 46.6 Å². The minimum atomic E-state index is -0.552. The van der Waals surface area contributed by atoms with Crippen molar-refractivity contribution in [2.75, 3.05) is 18.4 Å². The molecule has 0 aromatic heterocycles. The molecule has 2 aliphatic heterocycles. The number of aliphatic hydroxyl groups excluding tert-OH is 1. The van der Waals surface area contributed by atoms with Crippen LogP contribution in [0.3, 0.4) is 0 Å². The van der Waals surface area contributed by atoms with Crippen LogP contribution in [0.4, 0.5) is 5.69 Å². The summed E-state index contributed by atoms with van der Waals surface area (Å²) >= 11 is 0. The van der Waals surface area contributed by atoms with E-state index in [2.05, 4.69) is 10.6 Å². The molecule has 2 heterocycles. The van der Waals surface area contributed by atoms with Crippen LogP contribution in [0.15, 0.2) is 29.8 Å².